The quantitative estimate of drug-likeness (QED) is 0.781. The highest BCUT2D eigenvalue weighted by molar-refractivity contribution is 5.50. The zero-order valence-electron chi connectivity index (χ0n) is 9.36. The first-order valence-electron chi connectivity index (χ1n) is 5.05. The van der Waals surface area contributed by atoms with E-state index in [0.717, 1.165) is 22.6 Å². The largest absolute Gasteiger partial charge is 0.419 e. The first-order chi connectivity index (χ1) is 8.41. The molecule has 0 saturated carbocycles. The van der Waals surface area contributed by atoms with Crippen molar-refractivity contribution in [1.29, 1.82) is 5.26 Å². The molecule has 2 rings (SSSR count). The maximum Gasteiger partial charge on any atom is 0.419 e. The minimum atomic E-state index is -4.43. The molecule has 0 aliphatic heterocycles. The van der Waals surface area contributed by atoms with Crippen molar-refractivity contribution < 1.29 is 13.2 Å². The van der Waals surface area contributed by atoms with Gasteiger partial charge in [0.15, 0.2) is 0 Å². The predicted molar refractivity (Wildman–Crippen MR) is 58.0 cm³/mol. The van der Waals surface area contributed by atoms with Gasteiger partial charge in [-0.05, 0) is 24.6 Å². The Morgan fingerprint density at radius 1 is 1.33 bits per heavy atom. The van der Waals surface area contributed by atoms with Crippen LogP contribution in [0.25, 0.3) is 5.69 Å². The third-order valence-corrected chi connectivity index (χ3v) is 2.43. The zero-order chi connectivity index (χ0) is 13.3. The molecule has 0 amide bonds. The van der Waals surface area contributed by atoms with E-state index in [1.807, 2.05) is 6.07 Å². The lowest BCUT2D eigenvalue weighted by Crippen LogP contribution is -2.03. The lowest BCUT2D eigenvalue weighted by Gasteiger charge is -2.05. The normalized spacial score (nSPS) is 11.3. The Labute approximate surface area is 101 Å². The molecule has 0 N–H and O–H groups in total. The number of alkyl halides is 3. The fourth-order valence-electron chi connectivity index (χ4n) is 1.54. The van der Waals surface area contributed by atoms with E-state index in [9.17, 15) is 13.2 Å². The fraction of sp³-hybridized carbons (Fsp3) is 0.167. The number of benzene rings is 1. The van der Waals surface area contributed by atoms with Gasteiger partial charge in [-0.15, -0.1) is 0 Å². The van der Waals surface area contributed by atoms with Crippen LogP contribution in [0.3, 0.4) is 0 Å². The summed E-state index contributed by atoms with van der Waals surface area (Å²) in [5.41, 5.74) is 0.635. The molecule has 0 bridgehead atoms. The highest BCUT2D eigenvalue weighted by Crippen LogP contribution is 2.29. The second-order valence-electron chi connectivity index (χ2n) is 3.80. The number of hydrogen-bond acceptors (Lipinski definition) is 2. The van der Waals surface area contributed by atoms with Gasteiger partial charge in [0.05, 0.1) is 23.0 Å². The molecule has 0 saturated heterocycles. The van der Waals surface area contributed by atoms with Gasteiger partial charge in [0, 0.05) is 6.20 Å². The van der Waals surface area contributed by atoms with Crippen LogP contribution in [-0.2, 0) is 6.18 Å². The van der Waals surface area contributed by atoms with E-state index in [-0.39, 0.29) is 5.56 Å². The van der Waals surface area contributed by atoms with E-state index in [0.29, 0.717) is 5.69 Å². The first-order valence-corrected chi connectivity index (χ1v) is 5.05. The highest BCUT2D eigenvalue weighted by Gasteiger charge is 2.32. The summed E-state index contributed by atoms with van der Waals surface area (Å²) in [7, 11) is 0. The summed E-state index contributed by atoms with van der Waals surface area (Å²) in [4.78, 5) is 0. The van der Waals surface area contributed by atoms with Gasteiger partial charge in [0.25, 0.3) is 0 Å². The summed E-state index contributed by atoms with van der Waals surface area (Å²) < 4.78 is 38.4. The molecule has 3 nitrogen and oxygen atoms in total. The number of aromatic nitrogens is 2. The molecule has 2 aromatic rings. The zero-order valence-corrected chi connectivity index (χ0v) is 9.36. The monoisotopic (exact) mass is 251 g/mol. The Balaban J connectivity index is 2.50. The van der Waals surface area contributed by atoms with Crippen LogP contribution in [0.2, 0.25) is 0 Å². The minimum absolute atomic E-state index is 0.284. The number of rotatable bonds is 1. The van der Waals surface area contributed by atoms with Gasteiger partial charge in [0.1, 0.15) is 6.07 Å². The molecule has 0 atom stereocenters. The van der Waals surface area contributed by atoms with Crippen molar-refractivity contribution >= 4 is 0 Å². The van der Waals surface area contributed by atoms with E-state index in [2.05, 4.69) is 5.10 Å². The molecule has 18 heavy (non-hydrogen) atoms. The highest BCUT2D eigenvalue weighted by atomic mass is 19.4. The van der Waals surface area contributed by atoms with Crippen LogP contribution in [0.15, 0.2) is 30.6 Å². The molecule has 92 valence electrons. The molecule has 1 aromatic heterocycles. The van der Waals surface area contributed by atoms with E-state index >= 15 is 0 Å². The van der Waals surface area contributed by atoms with Crippen molar-refractivity contribution in [2.75, 3.05) is 0 Å². The molecule has 0 spiro atoms. The van der Waals surface area contributed by atoms with Crippen molar-refractivity contribution in [2.24, 2.45) is 0 Å². The van der Waals surface area contributed by atoms with Crippen molar-refractivity contribution in [3.05, 3.63) is 47.3 Å². The number of nitriles is 1. The van der Waals surface area contributed by atoms with Gasteiger partial charge in [-0.2, -0.15) is 23.5 Å². The average molecular weight is 251 g/mol. The number of halogens is 3. The summed E-state index contributed by atoms with van der Waals surface area (Å²) in [5.74, 6) is 0. The average Bonchev–Trinajstić information content (AvgIpc) is 2.77. The summed E-state index contributed by atoms with van der Waals surface area (Å²) in [6, 6.07) is 6.83. The number of hydrogen-bond donors (Lipinski definition) is 0. The fourth-order valence-corrected chi connectivity index (χ4v) is 1.54. The third-order valence-electron chi connectivity index (χ3n) is 2.43. The van der Waals surface area contributed by atoms with Gasteiger partial charge in [0.2, 0.25) is 0 Å². The minimum Gasteiger partial charge on any atom is -0.239 e. The Kier molecular flexibility index (Phi) is 2.83. The second kappa shape index (κ2) is 4.18. The number of nitrogens with zero attached hydrogens (tertiary/aromatic N) is 3. The van der Waals surface area contributed by atoms with Gasteiger partial charge < -0.3 is 0 Å². The molecule has 0 fully saturated rings. The maximum atomic E-state index is 12.4. The van der Waals surface area contributed by atoms with Crippen LogP contribution in [0.5, 0.6) is 0 Å². The standard InChI is InChI=1S/C12H8F3N3/c1-8-2-3-11(9(4-8)5-16)18-7-10(6-17-18)12(13,14)15/h2-4,6-7H,1H3. The van der Waals surface area contributed by atoms with Crippen molar-refractivity contribution in [3.8, 4) is 11.8 Å². The SMILES string of the molecule is Cc1ccc(-n2cc(C(F)(F)F)cn2)c(C#N)c1. The van der Waals surface area contributed by atoms with Gasteiger partial charge in [-0.25, -0.2) is 4.68 Å². The summed E-state index contributed by atoms with van der Waals surface area (Å²) >= 11 is 0. The van der Waals surface area contributed by atoms with Gasteiger partial charge in [-0.1, -0.05) is 6.07 Å². The maximum absolute atomic E-state index is 12.4. The van der Waals surface area contributed by atoms with Crippen LogP contribution in [0.4, 0.5) is 13.2 Å². The van der Waals surface area contributed by atoms with E-state index in [1.165, 1.54) is 0 Å². The first kappa shape index (κ1) is 12.2. The van der Waals surface area contributed by atoms with Crippen molar-refractivity contribution in [3.63, 3.8) is 0 Å². The van der Waals surface area contributed by atoms with Crippen LogP contribution in [0.1, 0.15) is 16.7 Å². The Morgan fingerprint density at radius 2 is 2.06 bits per heavy atom. The summed E-state index contributed by atoms with van der Waals surface area (Å²) in [6.45, 7) is 1.80. The van der Waals surface area contributed by atoms with Crippen molar-refractivity contribution in [1.82, 2.24) is 9.78 Å². The predicted octanol–water partition coefficient (Wildman–Crippen LogP) is 3.07. The Morgan fingerprint density at radius 3 is 2.61 bits per heavy atom. The third kappa shape index (κ3) is 2.20. The number of aryl methyl sites for hydroxylation is 1. The van der Waals surface area contributed by atoms with E-state index in [4.69, 9.17) is 5.26 Å². The topological polar surface area (TPSA) is 41.6 Å². The molecule has 0 aliphatic rings. The van der Waals surface area contributed by atoms with Crippen LogP contribution in [0, 0.1) is 18.3 Å². The van der Waals surface area contributed by atoms with E-state index in [1.54, 1.807) is 25.1 Å². The van der Waals surface area contributed by atoms with Gasteiger partial charge in [-0.3, -0.25) is 0 Å². The van der Waals surface area contributed by atoms with Gasteiger partial charge >= 0.3 is 6.18 Å². The lowest BCUT2D eigenvalue weighted by molar-refractivity contribution is -0.137. The summed E-state index contributed by atoms with van der Waals surface area (Å²) in [6.07, 6.45) is -2.83. The van der Waals surface area contributed by atoms with Crippen LogP contribution >= 0.6 is 0 Å². The van der Waals surface area contributed by atoms with Crippen LogP contribution in [-0.4, -0.2) is 9.78 Å². The lowest BCUT2D eigenvalue weighted by atomic mass is 10.1. The second-order valence-corrected chi connectivity index (χ2v) is 3.80. The molecule has 0 aliphatic carbocycles. The molecule has 1 aromatic carbocycles. The van der Waals surface area contributed by atoms with E-state index < -0.39 is 11.7 Å². The molecule has 6 heteroatoms. The van der Waals surface area contributed by atoms with Crippen LogP contribution < -0.4 is 0 Å². The smallest absolute Gasteiger partial charge is 0.239 e. The molecule has 1 heterocycles. The van der Waals surface area contributed by atoms with Crippen molar-refractivity contribution in [2.45, 2.75) is 13.1 Å². The molecular weight excluding hydrogens is 243 g/mol. The molecular formula is C12H8F3N3. The molecule has 0 radical (unpaired) electrons. The molecule has 0 unspecified atom stereocenters. The summed E-state index contributed by atoms with van der Waals surface area (Å²) in [5, 5.41) is 12.6. The Bertz CT molecular complexity index is 620. The Hall–Kier alpha value is -2.29.